The van der Waals surface area contributed by atoms with Crippen molar-refractivity contribution in [2.75, 3.05) is 13.7 Å². The quantitative estimate of drug-likeness (QED) is 0.833. The highest BCUT2D eigenvalue weighted by Crippen LogP contribution is 2.24. The third-order valence-electron chi connectivity index (χ3n) is 3.03. The Morgan fingerprint density at radius 2 is 2.00 bits per heavy atom. The van der Waals surface area contributed by atoms with Crippen molar-refractivity contribution in [1.82, 2.24) is 5.32 Å². The lowest BCUT2D eigenvalue weighted by Gasteiger charge is -2.21. The maximum atomic E-state index is 11.0. The Hall–Kier alpha value is -1.35. The van der Waals surface area contributed by atoms with Gasteiger partial charge in [-0.05, 0) is 29.0 Å². The first-order valence-corrected chi connectivity index (χ1v) is 6.22. The summed E-state index contributed by atoms with van der Waals surface area (Å²) in [4.78, 5) is 11.0. The van der Waals surface area contributed by atoms with Gasteiger partial charge in [0.15, 0.2) is 0 Å². The number of carbonyl (C=O) groups excluding carboxylic acids is 1. The first-order chi connectivity index (χ1) is 8.34. The lowest BCUT2D eigenvalue weighted by atomic mass is 9.85. The molecule has 0 radical (unpaired) electrons. The van der Waals surface area contributed by atoms with Crippen LogP contribution in [0.3, 0.4) is 0 Å². The van der Waals surface area contributed by atoms with Crippen LogP contribution < -0.4 is 5.32 Å². The molecular formula is C15H23NO2. The summed E-state index contributed by atoms with van der Waals surface area (Å²) in [6.45, 7) is 9.61. The van der Waals surface area contributed by atoms with Gasteiger partial charge in [0.25, 0.3) is 0 Å². The smallest absolute Gasteiger partial charge is 0.319 e. The van der Waals surface area contributed by atoms with Gasteiger partial charge in [-0.3, -0.25) is 4.79 Å². The fourth-order valence-electron chi connectivity index (χ4n) is 1.70. The number of rotatable bonds is 4. The van der Waals surface area contributed by atoms with Gasteiger partial charge < -0.3 is 10.1 Å². The standard InChI is InChI=1S/C15H23NO2/c1-11-6-7-13(15(2,3)4)8-12(11)9-16-10-14(17)18-5/h6-8,16H,9-10H2,1-5H3. The van der Waals surface area contributed by atoms with Gasteiger partial charge in [-0.2, -0.15) is 0 Å². The zero-order valence-corrected chi connectivity index (χ0v) is 12.0. The lowest BCUT2D eigenvalue weighted by molar-refractivity contribution is -0.139. The number of hydrogen-bond acceptors (Lipinski definition) is 3. The van der Waals surface area contributed by atoms with Crippen molar-refractivity contribution in [3.05, 3.63) is 34.9 Å². The van der Waals surface area contributed by atoms with E-state index in [-0.39, 0.29) is 17.9 Å². The van der Waals surface area contributed by atoms with Crippen molar-refractivity contribution in [2.24, 2.45) is 0 Å². The molecule has 1 N–H and O–H groups in total. The number of hydrogen-bond donors (Lipinski definition) is 1. The molecular weight excluding hydrogens is 226 g/mol. The second-order valence-corrected chi connectivity index (χ2v) is 5.57. The fourth-order valence-corrected chi connectivity index (χ4v) is 1.70. The average molecular weight is 249 g/mol. The molecule has 0 aliphatic carbocycles. The van der Waals surface area contributed by atoms with Crippen molar-refractivity contribution in [3.63, 3.8) is 0 Å². The predicted molar refractivity (Wildman–Crippen MR) is 73.6 cm³/mol. The summed E-state index contributed by atoms with van der Waals surface area (Å²) in [5.41, 5.74) is 3.92. The maximum Gasteiger partial charge on any atom is 0.319 e. The Bertz CT molecular complexity index is 419. The highest BCUT2D eigenvalue weighted by atomic mass is 16.5. The van der Waals surface area contributed by atoms with Crippen molar-refractivity contribution in [3.8, 4) is 0 Å². The number of methoxy groups -OCH3 is 1. The van der Waals surface area contributed by atoms with Crippen LogP contribution in [0, 0.1) is 6.92 Å². The highest BCUT2D eigenvalue weighted by molar-refractivity contribution is 5.71. The Morgan fingerprint density at radius 3 is 2.56 bits per heavy atom. The minimum Gasteiger partial charge on any atom is -0.468 e. The van der Waals surface area contributed by atoms with Gasteiger partial charge in [-0.25, -0.2) is 0 Å². The van der Waals surface area contributed by atoms with Gasteiger partial charge in [-0.15, -0.1) is 0 Å². The van der Waals surface area contributed by atoms with E-state index in [1.165, 1.54) is 23.8 Å². The van der Waals surface area contributed by atoms with Crippen LogP contribution in [-0.4, -0.2) is 19.6 Å². The van der Waals surface area contributed by atoms with E-state index < -0.39 is 0 Å². The van der Waals surface area contributed by atoms with Crippen LogP contribution in [-0.2, 0) is 21.5 Å². The molecule has 0 aliphatic rings. The summed E-state index contributed by atoms with van der Waals surface area (Å²) in [7, 11) is 1.40. The van der Waals surface area contributed by atoms with Crippen molar-refractivity contribution in [2.45, 2.75) is 39.7 Å². The number of ether oxygens (including phenoxy) is 1. The van der Waals surface area contributed by atoms with Crippen LogP contribution in [0.5, 0.6) is 0 Å². The van der Waals surface area contributed by atoms with Gasteiger partial charge in [-0.1, -0.05) is 39.0 Å². The largest absolute Gasteiger partial charge is 0.468 e. The number of carbonyl (C=O) groups is 1. The molecule has 0 bridgehead atoms. The topological polar surface area (TPSA) is 38.3 Å². The van der Waals surface area contributed by atoms with Crippen molar-refractivity contribution in [1.29, 1.82) is 0 Å². The molecule has 18 heavy (non-hydrogen) atoms. The molecule has 0 fully saturated rings. The number of aryl methyl sites for hydroxylation is 1. The average Bonchev–Trinajstić information content (AvgIpc) is 2.29. The third-order valence-corrected chi connectivity index (χ3v) is 3.03. The molecule has 100 valence electrons. The van der Waals surface area contributed by atoms with E-state index in [1.807, 2.05) is 0 Å². The summed E-state index contributed by atoms with van der Waals surface area (Å²) in [6, 6.07) is 6.51. The molecule has 3 nitrogen and oxygen atoms in total. The maximum absolute atomic E-state index is 11.0. The second-order valence-electron chi connectivity index (χ2n) is 5.57. The van der Waals surface area contributed by atoms with Crippen LogP contribution in [0.15, 0.2) is 18.2 Å². The summed E-state index contributed by atoms with van der Waals surface area (Å²) in [5, 5.41) is 3.10. The molecule has 0 saturated heterocycles. The van der Waals surface area contributed by atoms with Crippen LogP contribution >= 0.6 is 0 Å². The molecule has 1 aromatic carbocycles. The number of nitrogens with one attached hydrogen (secondary N) is 1. The molecule has 0 saturated carbocycles. The molecule has 1 rings (SSSR count). The summed E-state index contributed by atoms with van der Waals surface area (Å²) < 4.78 is 4.59. The van der Waals surface area contributed by atoms with E-state index in [4.69, 9.17) is 0 Å². The van der Waals surface area contributed by atoms with E-state index in [2.05, 4.69) is 55.9 Å². The molecule has 0 aromatic heterocycles. The molecule has 0 heterocycles. The normalized spacial score (nSPS) is 11.4. The molecule has 3 heteroatoms. The van der Waals surface area contributed by atoms with Gasteiger partial charge >= 0.3 is 5.97 Å². The Labute approximate surface area is 110 Å². The van der Waals surface area contributed by atoms with Crippen LogP contribution in [0.4, 0.5) is 0 Å². The van der Waals surface area contributed by atoms with Gasteiger partial charge in [0.2, 0.25) is 0 Å². The highest BCUT2D eigenvalue weighted by Gasteiger charge is 2.14. The van der Waals surface area contributed by atoms with Crippen molar-refractivity contribution >= 4 is 5.97 Å². The third kappa shape index (κ3) is 4.15. The first kappa shape index (κ1) is 14.7. The minimum atomic E-state index is -0.236. The molecule has 0 amide bonds. The zero-order chi connectivity index (χ0) is 13.8. The van der Waals surface area contributed by atoms with Gasteiger partial charge in [0, 0.05) is 6.54 Å². The van der Waals surface area contributed by atoms with E-state index in [9.17, 15) is 4.79 Å². The van der Waals surface area contributed by atoms with Crippen LogP contribution in [0.1, 0.15) is 37.5 Å². The minimum absolute atomic E-state index is 0.144. The molecule has 0 spiro atoms. The molecule has 0 unspecified atom stereocenters. The number of esters is 1. The van der Waals surface area contributed by atoms with E-state index >= 15 is 0 Å². The van der Waals surface area contributed by atoms with Gasteiger partial charge in [0.1, 0.15) is 0 Å². The Balaban J connectivity index is 2.73. The molecule has 0 atom stereocenters. The Morgan fingerprint density at radius 1 is 1.33 bits per heavy atom. The van der Waals surface area contributed by atoms with E-state index in [1.54, 1.807) is 0 Å². The number of benzene rings is 1. The van der Waals surface area contributed by atoms with E-state index in [0.717, 1.165) is 0 Å². The van der Waals surface area contributed by atoms with Crippen molar-refractivity contribution < 1.29 is 9.53 Å². The monoisotopic (exact) mass is 249 g/mol. The molecule has 0 aliphatic heterocycles. The van der Waals surface area contributed by atoms with Gasteiger partial charge in [0.05, 0.1) is 13.7 Å². The SMILES string of the molecule is COC(=O)CNCc1cc(C(C)(C)C)ccc1C. The summed E-state index contributed by atoms with van der Waals surface area (Å²) in [6.07, 6.45) is 0. The zero-order valence-electron chi connectivity index (χ0n) is 12.0. The lowest BCUT2D eigenvalue weighted by Crippen LogP contribution is -2.24. The fraction of sp³-hybridized carbons (Fsp3) is 0.533. The first-order valence-electron chi connectivity index (χ1n) is 6.22. The Kier molecular flexibility index (Phi) is 4.91. The summed E-state index contributed by atoms with van der Waals surface area (Å²) in [5.74, 6) is -0.236. The van der Waals surface area contributed by atoms with Crippen LogP contribution in [0.25, 0.3) is 0 Å². The second kappa shape index (κ2) is 6.01. The van der Waals surface area contributed by atoms with Crippen LogP contribution in [0.2, 0.25) is 0 Å². The van der Waals surface area contributed by atoms with E-state index in [0.29, 0.717) is 6.54 Å². The predicted octanol–water partition coefficient (Wildman–Crippen LogP) is 2.56. The molecule has 1 aromatic rings. The summed E-state index contributed by atoms with van der Waals surface area (Å²) >= 11 is 0.